The van der Waals surface area contributed by atoms with Gasteiger partial charge in [-0.2, -0.15) is 0 Å². The van der Waals surface area contributed by atoms with Crippen molar-refractivity contribution in [3.8, 4) is 0 Å². The summed E-state index contributed by atoms with van der Waals surface area (Å²) in [6, 6.07) is 10.5. The Bertz CT molecular complexity index is 408. The molecule has 0 saturated heterocycles. The van der Waals surface area contributed by atoms with Crippen molar-refractivity contribution in [2.45, 2.75) is 26.3 Å². The summed E-state index contributed by atoms with van der Waals surface area (Å²) in [5.74, 6) is 0.878. The molecule has 0 fully saturated rings. The van der Waals surface area contributed by atoms with Crippen LogP contribution in [-0.2, 0) is 13.0 Å². The van der Waals surface area contributed by atoms with Gasteiger partial charge in [-0.15, -0.1) is 5.10 Å². The van der Waals surface area contributed by atoms with Crippen LogP contribution in [0.4, 0.5) is 0 Å². The van der Waals surface area contributed by atoms with Crippen LogP contribution in [0.15, 0.2) is 30.3 Å². The van der Waals surface area contributed by atoms with E-state index in [0.29, 0.717) is 0 Å². The lowest BCUT2D eigenvalue weighted by Gasteiger charge is -2.02. The van der Waals surface area contributed by atoms with Crippen LogP contribution in [0.1, 0.15) is 17.8 Å². The highest BCUT2D eigenvalue weighted by atomic mass is 15.5. The van der Waals surface area contributed by atoms with E-state index in [9.17, 15) is 0 Å². The summed E-state index contributed by atoms with van der Waals surface area (Å²) in [5, 5.41) is 11.4. The van der Waals surface area contributed by atoms with Crippen molar-refractivity contribution >= 4 is 0 Å². The molecule has 0 aliphatic heterocycles. The maximum atomic E-state index is 3.90. The molecule has 0 radical (unpaired) electrons. The first-order valence-corrected chi connectivity index (χ1v) is 5.13. The minimum atomic E-state index is 0.878. The largest absolute Gasteiger partial charge is 0.230 e. The topological polar surface area (TPSA) is 43.6 Å². The monoisotopic (exact) mass is 202 g/mol. The SMILES string of the molecule is Cc1nnnn1CCCc1ccccc1. The molecule has 4 nitrogen and oxygen atoms in total. The zero-order chi connectivity index (χ0) is 10.5. The second kappa shape index (κ2) is 4.68. The Balaban J connectivity index is 1.83. The standard InChI is InChI=1S/C11H14N4/c1-10-12-13-14-15(10)9-5-8-11-6-3-2-4-7-11/h2-4,6-7H,5,8-9H2,1H3. The van der Waals surface area contributed by atoms with E-state index >= 15 is 0 Å². The fraction of sp³-hybridized carbons (Fsp3) is 0.364. The smallest absolute Gasteiger partial charge is 0.148 e. The maximum Gasteiger partial charge on any atom is 0.148 e. The van der Waals surface area contributed by atoms with Gasteiger partial charge in [0.05, 0.1) is 0 Å². The summed E-state index contributed by atoms with van der Waals surface area (Å²) in [7, 11) is 0. The number of benzene rings is 1. The lowest BCUT2D eigenvalue weighted by Crippen LogP contribution is -2.03. The third kappa shape index (κ3) is 2.62. The van der Waals surface area contributed by atoms with Gasteiger partial charge < -0.3 is 0 Å². The van der Waals surface area contributed by atoms with Crippen LogP contribution in [-0.4, -0.2) is 20.2 Å². The van der Waals surface area contributed by atoms with Gasteiger partial charge in [0.25, 0.3) is 0 Å². The van der Waals surface area contributed by atoms with Gasteiger partial charge in [-0.3, -0.25) is 0 Å². The van der Waals surface area contributed by atoms with Crippen LogP contribution in [0.5, 0.6) is 0 Å². The fourth-order valence-electron chi connectivity index (χ4n) is 1.53. The lowest BCUT2D eigenvalue weighted by molar-refractivity contribution is 0.547. The number of tetrazole rings is 1. The van der Waals surface area contributed by atoms with Gasteiger partial charge in [0.1, 0.15) is 5.82 Å². The Hall–Kier alpha value is -1.71. The second-order valence-electron chi connectivity index (χ2n) is 3.54. The van der Waals surface area contributed by atoms with Crippen LogP contribution in [0.25, 0.3) is 0 Å². The molecule has 1 heterocycles. The number of hydrogen-bond acceptors (Lipinski definition) is 3. The van der Waals surface area contributed by atoms with Crippen molar-refractivity contribution in [2.75, 3.05) is 0 Å². The van der Waals surface area contributed by atoms with Gasteiger partial charge in [0.2, 0.25) is 0 Å². The van der Waals surface area contributed by atoms with E-state index in [1.54, 1.807) is 0 Å². The summed E-state index contributed by atoms with van der Waals surface area (Å²) in [6.07, 6.45) is 2.13. The molecule has 15 heavy (non-hydrogen) atoms. The van der Waals surface area contributed by atoms with Crippen molar-refractivity contribution in [1.82, 2.24) is 20.2 Å². The number of hydrogen-bond donors (Lipinski definition) is 0. The van der Waals surface area contributed by atoms with Gasteiger partial charge in [-0.05, 0) is 35.8 Å². The van der Waals surface area contributed by atoms with Crippen molar-refractivity contribution in [3.05, 3.63) is 41.7 Å². The predicted octanol–water partition coefficient (Wildman–Crippen LogP) is 1.61. The quantitative estimate of drug-likeness (QED) is 0.756. The first kappa shape index (κ1) is 9.83. The minimum Gasteiger partial charge on any atom is -0.230 e. The van der Waals surface area contributed by atoms with E-state index in [2.05, 4.69) is 39.8 Å². The first-order chi connectivity index (χ1) is 7.36. The summed E-state index contributed by atoms with van der Waals surface area (Å²) >= 11 is 0. The Labute approximate surface area is 88.9 Å². The number of nitrogens with zero attached hydrogens (tertiary/aromatic N) is 4. The molecule has 2 rings (SSSR count). The fourth-order valence-corrected chi connectivity index (χ4v) is 1.53. The average Bonchev–Trinajstić information content (AvgIpc) is 2.66. The molecule has 0 N–H and O–H groups in total. The van der Waals surface area contributed by atoms with Crippen LogP contribution in [0.3, 0.4) is 0 Å². The molecule has 0 spiro atoms. The zero-order valence-corrected chi connectivity index (χ0v) is 8.80. The molecule has 0 aliphatic carbocycles. The van der Waals surface area contributed by atoms with Crippen molar-refractivity contribution < 1.29 is 0 Å². The Morgan fingerprint density at radius 2 is 2.00 bits per heavy atom. The average molecular weight is 202 g/mol. The summed E-state index contributed by atoms with van der Waals surface area (Å²) in [6.45, 7) is 2.80. The predicted molar refractivity (Wildman–Crippen MR) is 57.3 cm³/mol. The molecule has 0 amide bonds. The van der Waals surface area contributed by atoms with E-state index in [1.807, 2.05) is 17.7 Å². The summed E-state index contributed by atoms with van der Waals surface area (Å²) in [4.78, 5) is 0. The Kier molecular flexibility index (Phi) is 3.07. The van der Waals surface area contributed by atoms with Crippen molar-refractivity contribution in [2.24, 2.45) is 0 Å². The molecule has 0 atom stereocenters. The first-order valence-electron chi connectivity index (χ1n) is 5.13. The van der Waals surface area contributed by atoms with Gasteiger partial charge in [-0.25, -0.2) is 4.68 Å². The van der Waals surface area contributed by atoms with Gasteiger partial charge >= 0.3 is 0 Å². The summed E-state index contributed by atoms with van der Waals surface area (Å²) in [5.41, 5.74) is 1.36. The van der Waals surface area contributed by atoms with E-state index in [1.165, 1.54) is 5.56 Å². The normalized spacial score (nSPS) is 10.5. The molecule has 1 aromatic heterocycles. The van der Waals surface area contributed by atoms with Gasteiger partial charge in [-0.1, -0.05) is 30.3 Å². The second-order valence-corrected chi connectivity index (χ2v) is 3.54. The number of aromatic nitrogens is 4. The number of rotatable bonds is 4. The van der Waals surface area contributed by atoms with Gasteiger partial charge in [0.15, 0.2) is 0 Å². The Morgan fingerprint density at radius 3 is 2.67 bits per heavy atom. The summed E-state index contributed by atoms with van der Waals surface area (Å²) < 4.78 is 1.84. The van der Waals surface area contributed by atoms with Crippen molar-refractivity contribution in [1.29, 1.82) is 0 Å². The molecule has 78 valence electrons. The highest BCUT2D eigenvalue weighted by Crippen LogP contribution is 2.03. The van der Waals surface area contributed by atoms with Crippen LogP contribution >= 0.6 is 0 Å². The van der Waals surface area contributed by atoms with Crippen LogP contribution in [0.2, 0.25) is 0 Å². The van der Waals surface area contributed by atoms with Crippen LogP contribution < -0.4 is 0 Å². The highest BCUT2D eigenvalue weighted by Gasteiger charge is 1.99. The highest BCUT2D eigenvalue weighted by molar-refractivity contribution is 5.14. The van der Waals surface area contributed by atoms with Gasteiger partial charge in [0, 0.05) is 6.54 Å². The van der Waals surface area contributed by atoms with Crippen LogP contribution in [0, 0.1) is 6.92 Å². The Morgan fingerprint density at radius 1 is 1.20 bits per heavy atom. The van der Waals surface area contributed by atoms with E-state index in [4.69, 9.17) is 0 Å². The lowest BCUT2D eigenvalue weighted by atomic mass is 10.1. The zero-order valence-electron chi connectivity index (χ0n) is 8.80. The minimum absolute atomic E-state index is 0.878. The molecular weight excluding hydrogens is 188 g/mol. The van der Waals surface area contributed by atoms with E-state index < -0.39 is 0 Å². The molecule has 0 saturated carbocycles. The van der Waals surface area contributed by atoms with E-state index in [0.717, 1.165) is 25.2 Å². The molecule has 1 aromatic carbocycles. The number of aryl methyl sites for hydroxylation is 3. The maximum absolute atomic E-state index is 3.90. The third-order valence-corrected chi connectivity index (χ3v) is 2.39. The molecular formula is C11H14N4. The van der Waals surface area contributed by atoms with E-state index in [-0.39, 0.29) is 0 Å². The molecule has 2 aromatic rings. The molecule has 0 aliphatic rings. The third-order valence-electron chi connectivity index (χ3n) is 2.39. The molecule has 4 heteroatoms. The van der Waals surface area contributed by atoms with Crippen molar-refractivity contribution in [3.63, 3.8) is 0 Å². The molecule has 0 bridgehead atoms. The molecule has 0 unspecified atom stereocenters.